The average molecular weight is 229 g/mol. The number of para-hydroxylation sites is 1. The number of benzene rings is 1. The molecule has 0 atom stereocenters. The van der Waals surface area contributed by atoms with Crippen molar-refractivity contribution in [3.05, 3.63) is 34.8 Å². The highest BCUT2D eigenvalue weighted by Gasteiger charge is 2.18. The summed E-state index contributed by atoms with van der Waals surface area (Å²) in [5.74, 6) is -0.592. The minimum Gasteiger partial charge on any atom is -0.465 e. The smallest absolute Gasteiger partial charge is 0.341 e. The molecule has 0 bridgehead atoms. The van der Waals surface area contributed by atoms with Crippen LogP contribution in [0.1, 0.15) is 10.4 Å². The second kappa shape index (κ2) is 3.55. The Hall–Kier alpha value is -1.55. The van der Waals surface area contributed by atoms with Crippen LogP contribution < -0.4 is 0 Å². The van der Waals surface area contributed by atoms with E-state index in [2.05, 4.69) is 4.74 Å². The Morgan fingerprint density at radius 3 is 2.93 bits per heavy atom. The number of rotatable bonds is 1. The molecule has 15 heavy (non-hydrogen) atoms. The molecule has 5 heteroatoms. The van der Waals surface area contributed by atoms with Crippen LogP contribution >= 0.6 is 11.6 Å². The molecule has 1 heterocycles. The standard InChI is InChI=1S/C10H6ClFO3/c1-14-10(13)6-4-2-3-5-7(11)9(12)15-8(5)6/h2-4H,1H3. The van der Waals surface area contributed by atoms with Crippen molar-refractivity contribution in [2.24, 2.45) is 0 Å². The van der Waals surface area contributed by atoms with Crippen molar-refractivity contribution >= 4 is 28.5 Å². The number of ether oxygens (including phenoxy) is 1. The number of fused-ring (bicyclic) bond motifs is 1. The lowest BCUT2D eigenvalue weighted by Gasteiger charge is -1.98. The van der Waals surface area contributed by atoms with E-state index in [1.807, 2.05) is 0 Å². The van der Waals surface area contributed by atoms with E-state index in [-0.39, 0.29) is 16.2 Å². The highest BCUT2D eigenvalue weighted by Crippen LogP contribution is 2.31. The van der Waals surface area contributed by atoms with Crippen LogP contribution in [-0.2, 0) is 4.74 Å². The van der Waals surface area contributed by atoms with Crippen LogP contribution in [0.25, 0.3) is 11.0 Å². The van der Waals surface area contributed by atoms with Crippen LogP contribution in [0.5, 0.6) is 0 Å². The minimum atomic E-state index is -0.900. The topological polar surface area (TPSA) is 39.4 Å². The minimum absolute atomic E-state index is 0.104. The summed E-state index contributed by atoms with van der Waals surface area (Å²) in [6.07, 6.45) is 0. The molecule has 0 saturated heterocycles. The number of carbonyl (C=O) groups excluding carboxylic acids is 1. The third-order valence-electron chi connectivity index (χ3n) is 2.02. The van der Waals surface area contributed by atoms with Crippen molar-refractivity contribution in [3.8, 4) is 0 Å². The third kappa shape index (κ3) is 1.47. The number of hydrogen-bond acceptors (Lipinski definition) is 3. The van der Waals surface area contributed by atoms with Crippen LogP contribution in [0.15, 0.2) is 22.6 Å². The molecule has 0 N–H and O–H groups in total. The van der Waals surface area contributed by atoms with Crippen LogP contribution in [0.2, 0.25) is 5.02 Å². The monoisotopic (exact) mass is 228 g/mol. The molecular weight excluding hydrogens is 223 g/mol. The zero-order valence-electron chi connectivity index (χ0n) is 7.71. The second-order valence-electron chi connectivity index (χ2n) is 2.86. The highest BCUT2D eigenvalue weighted by molar-refractivity contribution is 6.35. The number of methoxy groups -OCH3 is 1. The van der Waals surface area contributed by atoms with Crippen molar-refractivity contribution in [2.45, 2.75) is 0 Å². The lowest BCUT2D eigenvalue weighted by molar-refractivity contribution is 0.0601. The molecule has 0 aliphatic rings. The molecule has 2 aromatic rings. The van der Waals surface area contributed by atoms with E-state index in [0.717, 1.165) is 0 Å². The van der Waals surface area contributed by atoms with Crippen LogP contribution in [0, 0.1) is 6.01 Å². The van der Waals surface area contributed by atoms with Crippen LogP contribution in [-0.4, -0.2) is 13.1 Å². The molecule has 78 valence electrons. The Morgan fingerprint density at radius 1 is 1.53 bits per heavy atom. The molecule has 0 spiro atoms. The van der Waals surface area contributed by atoms with Crippen LogP contribution in [0.3, 0.4) is 0 Å². The summed E-state index contributed by atoms with van der Waals surface area (Å²) < 4.78 is 22.3. The summed E-state index contributed by atoms with van der Waals surface area (Å²) >= 11 is 5.64. The largest absolute Gasteiger partial charge is 0.465 e. The summed E-state index contributed by atoms with van der Waals surface area (Å²) in [6, 6.07) is 3.72. The van der Waals surface area contributed by atoms with Gasteiger partial charge >= 0.3 is 5.97 Å². The van der Waals surface area contributed by atoms with Crippen molar-refractivity contribution in [1.29, 1.82) is 0 Å². The maximum absolute atomic E-state index is 13.0. The third-order valence-corrected chi connectivity index (χ3v) is 2.37. The quantitative estimate of drug-likeness (QED) is 0.705. The van der Waals surface area contributed by atoms with Crippen molar-refractivity contribution < 1.29 is 18.3 Å². The van der Waals surface area contributed by atoms with Gasteiger partial charge in [-0.25, -0.2) is 4.79 Å². The van der Waals surface area contributed by atoms with E-state index in [1.54, 1.807) is 12.1 Å². The van der Waals surface area contributed by atoms with E-state index in [1.165, 1.54) is 13.2 Å². The summed E-state index contributed by atoms with van der Waals surface area (Å²) in [6.45, 7) is 0. The van der Waals surface area contributed by atoms with Gasteiger partial charge in [-0.05, 0) is 12.1 Å². The fourth-order valence-electron chi connectivity index (χ4n) is 1.33. The Kier molecular flexibility index (Phi) is 2.36. The van der Waals surface area contributed by atoms with Crippen molar-refractivity contribution in [2.75, 3.05) is 7.11 Å². The van der Waals surface area contributed by atoms with E-state index in [0.29, 0.717) is 5.39 Å². The fourth-order valence-corrected chi connectivity index (χ4v) is 1.52. The first-order valence-corrected chi connectivity index (χ1v) is 4.47. The number of carbonyl (C=O) groups is 1. The number of hydrogen-bond donors (Lipinski definition) is 0. The molecule has 1 aromatic heterocycles. The first-order chi connectivity index (χ1) is 7.15. The van der Waals surface area contributed by atoms with E-state index in [9.17, 15) is 9.18 Å². The maximum atomic E-state index is 13.0. The molecule has 1 aromatic carbocycles. The van der Waals surface area contributed by atoms with Crippen molar-refractivity contribution in [1.82, 2.24) is 0 Å². The predicted molar refractivity (Wildman–Crippen MR) is 52.5 cm³/mol. The lowest BCUT2D eigenvalue weighted by Crippen LogP contribution is -2.00. The highest BCUT2D eigenvalue weighted by atomic mass is 35.5. The predicted octanol–water partition coefficient (Wildman–Crippen LogP) is 3.01. The lowest BCUT2D eigenvalue weighted by atomic mass is 10.1. The molecule has 0 unspecified atom stereocenters. The second-order valence-corrected chi connectivity index (χ2v) is 3.24. The molecule has 0 aliphatic heterocycles. The maximum Gasteiger partial charge on any atom is 0.341 e. The number of halogens is 2. The molecule has 0 aliphatic carbocycles. The first-order valence-electron chi connectivity index (χ1n) is 4.10. The Bertz CT molecular complexity index is 533. The van der Waals surface area contributed by atoms with Gasteiger partial charge in [0, 0.05) is 5.39 Å². The van der Waals surface area contributed by atoms with Gasteiger partial charge in [-0.15, -0.1) is 0 Å². The molecular formula is C10H6ClFO3. The Morgan fingerprint density at radius 2 is 2.27 bits per heavy atom. The van der Waals surface area contributed by atoms with Gasteiger partial charge in [0.2, 0.25) is 0 Å². The zero-order chi connectivity index (χ0) is 11.0. The average Bonchev–Trinajstić information content (AvgIpc) is 2.54. The Labute approximate surface area is 89.4 Å². The molecule has 3 nitrogen and oxygen atoms in total. The number of esters is 1. The summed E-state index contributed by atoms with van der Waals surface area (Å²) in [7, 11) is 1.24. The van der Waals surface area contributed by atoms with Gasteiger partial charge in [0.15, 0.2) is 5.58 Å². The molecule has 0 amide bonds. The first kappa shape index (κ1) is 9.98. The molecule has 0 fully saturated rings. The molecule has 0 saturated carbocycles. The molecule has 0 radical (unpaired) electrons. The van der Waals surface area contributed by atoms with Gasteiger partial charge < -0.3 is 9.15 Å². The normalized spacial score (nSPS) is 10.6. The van der Waals surface area contributed by atoms with E-state index in [4.69, 9.17) is 16.0 Å². The molecule has 2 rings (SSSR count). The van der Waals surface area contributed by atoms with Gasteiger partial charge in [-0.1, -0.05) is 17.7 Å². The van der Waals surface area contributed by atoms with Gasteiger partial charge in [-0.2, -0.15) is 4.39 Å². The SMILES string of the molecule is COC(=O)c1cccc2c(Cl)c(F)oc12. The van der Waals surface area contributed by atoms with E-state index < -0.39 is 12.0 Å². The van der Waals surface area contributed by atoms with Gasteiger partial charge in [0.25, 0.3) is 6.01 Å². The van der Waals surface area contributed by atoms with Crippen molar-refractivity contribution in [3.63, 3.8) is 0 Å². The van der Waals surface area contributed by atoms with Crippen LogP contribution in [0.4, 0.5) is 4.39 Å². The van der Waals surface area contributed by atoms with Gasteiger partial charge in [0.1, 0.15) is 10.6 Å². The fraction of sp³-hybridized carbons (Fsp3) is 0.100. The van der Waals surface area contributed by atoms with Gasteiger partial charge in [0.05, 0.1) is 7.11 Å². The van der Waals surface area contributed by atoms with Gasteiger partial charge in [-0.3, -0.25) is 0 Å². The Balaban J connectivity index is 2.77. The number of furan rings is 1. The summed E-state index contributed by atoms with van der Waals surface area (Å²) in [4.78, 5) is 11.3. The van der Waals surface area contributed by atoms with E-state index >= 15 is 0 Å². The zero-order valence-corrected chi connectivity index (χ0v) is 8.47. The summed E-state index contributed by atoms with van der Waals surface area (Å²) in [5.41, 5.74) is 0.257. The summed E-state index contributed by atoms with van der Waals surface area (Å²) in [5, 5.41) is 0.229.